The molecule has 0 aromatic carbocycles. The molecule has 2 aliphatic rings. The first kappa shape index (κ1) is 20.0. The summed E-state index contributed by atoms with van der Waals surface area (Å²) in [5.74, 6) is -0.154. The predicted octanol–water partition coefficient (Wildman–Crippen LogP) is 3.97. The fraction of sp³-hybridized carbons (Fsp3) is 0.400. The molecule has 0 bridgehead atoms. The highest BCUT2D eigenvalue weighted by Crippen LogP contribution is 2.35. The zero-order valence-electron chi connectivity index (χ0n) is 16.2. The maximum Gasteiger partial charge on any atom is 0.408 e. The minimum Gasteiger partial charge on any atom is -0.326 e. The van der Waals surface area contributed by atoms with E-state index in [0.717, 1.165) is 29.1 Å². The zero-order chi connectivity index (χ0) is 21.8. The minimum absolute atomic E-state index is 0.0448. The Kier molecular flexibility index (Phi) is 4.72. The molecule has 0 spiro atoms. The molecule has 0 radical (unpaired) electrons. The van der Waals surface area contributed by atoms with Gasteiger partial charge in [0.25, 0.3) is 5.91 Å². The molecule has 1 aliphatic carbocycles. The van der Waals surface area contributed by atoms with E-state index in [1.807, 2.05) is 0 Å². The fourth-order valence-corrected chi connectivity index (χ4v) is 4.61. The number of hydrogen-bond donors (Lipinski definition) is 1. The number of imidazole rings is 1. The standard InChI is InChI=1S/C20H18F3N5O2S/c21-20(22,23)15-2-1-5-28(15)19(30)14-6-12(10-31-14)13-8-27-9-16(25-17(27)7-24-13)26-18(29)11-3-4-11/h6-11,15H,1-5H2,(H,26,29). The number of rotatable bonds is 4. The molecule has 1 aliphatic heterocycles. The van der Waals surface area contributed by atoms with E-state index in [-0.39, 0.29) is 29.7 Å². The SMILES string of the molecule is O=C(Nc1cn2cc(-c3csc(C(=O)N4CCCC4C(F)(F)F)c3)ncc2n1)C1CC1. The monoisotopic (exact) mass is 449 g/mol. The Labute approximate surface area is 178 Å². The number of anilines is 1. The average molecular weight is 449 g/mol. The second-order valence-electron chi connectivity index (χ2n) is 7.83. The molecule has 1 unspecified atom stereocenters. The van der Waals surface area contributed by atoms with Crippen LogP contribution in [0.4, 0.5) is 19.0 Å². The van der Waals surface area contributed by atoms with Crippen molar-refractivity contribution >= 4 is 34.6 Å². The second-order valence-corrected chi connectivity index (χ2v) is 8.74. The van der Waals surface area contributed by atoms with E-state index in [2.05, 4.69) is 15.3 Å². The van der Waals surface area contributed by atoms with E-state index in [9.17, 15) is 22.8 Å². The number of carbonyl (C=O) groups excluding carboxylic acids is 2. The summed E-state index contributed by atoms with van der Waals surface area (Å²) < 4.78 is 41.3. The van der Waals surface area contributed by atoms with Gasteiger partial charge in [-0.15, -0.1) is 11.3 Å². The molecule has 1 N–H and O–H groups in total. The molecule has 3 aromatic rings. The number of carbonyl (C=O) groups is 2. The molecule has 31 heavy (non-hydrogen) atoms. The highest BCUT2D eigenvalue weighted by atomic mass is 32.1. The summed E-state index contributed by atoms with van der Waals surface area (Å²) in [5.41, 5.74) is 1.73. The van der Waals surface area contributed by atoms with Gasteiger partial charge in [0.2, 0.25) is 5.91 Å². The van der Waals surface area contributed by atoms with Crippen molar-refractivity contribution < 1.29 is 22.8 Å². The lowest BCUT2D eigenvalue weighted by atomic mass is 10.2. The molecule has 162 valence electrons. The summed E-state index contributed by atoms with van der Waals surface area (Å²) >= 11 is 1.10. The van der Waals surface area contributed by atoms with Crippen molar-refractivity contribution in [3.05, 3.63) is 34.9 Å². The summed E-state index contributed by atoms with van der Waals surface area (Å²) in [7, 11) is 0. The van der Waals surface area contributed by atoms with Crippen molar-refractivity contribution in [1.82, 2.24) is 19.3 Å². The summed E-state index contributed by atoms with van der Waals surface area (Å²) in [6, 6.07) is -0.158. The van der Waals surface area contributed by atoms with Gasteiger partial charge in [0.05, 0.1) is 23.0 Å². The van der Waals surface area contributed by atoms with E-state index in [0.29, 0.717) is 29.1 Å². The van der Waals surface area contributed by atoms with Crippen LogP contribution in [0.3, 0.4) is 0 Å². The highest BCUT2D eigenvalue weighted by Gasteiger charge is 2.48. The van der Waals surface area contributed by atoms with Gasteiger partial charge in [0, 0.05) is 29.6 Å². The summed E-state index contributed by atoms with van der Waals surface area (Å²) in [6.45, 7) is 0.102. The van der Waals surface area contributed by atoms with Crippen LogP contribution < -0.4 is 5.32 Å². The Morgan fingerprint density at radius 2 is 2.00 bits per heavy atom. The number of alkyl halides is 3. The van der Waals surface area contributed by atoms with E-state index >= 15 is 0 Å². The Morgan fingerprint density at radius 3 is 2.74 bits per heavy atom. The Hall–Kier alpha value is -2.95. The van der Waals surface area contributed by atoms with Crippen molar-refractivity contribution in [3.8, 4) is 11.3 Å². The van der Waals surface area contributed by atoms with E-state index in [1.165, 1.54) is 0 Å². The third-order valence-corrected chi connectivity index (χ3v) is 6.46. The van der Waals surface area contributed by atoms with Crippen LogP contribution in [0.5, 0.6) is 0 Å². The topological polar surface area (TPSA) is 79.6 Å². The number of likely N-dealkylation sites (tertiary alicyclic amines) is 1. The lowest BCUT2D eigenvalue weighted by Gasteiger charge is -2.26. The van der Waals surface area contributed by atoms with Gasteiger partial charge in [0.1, 0.15) is 6.04 Å². The van der Waals surface area contributed by atoms with Gasteiger partial charge in [-0.1, -0.05) is 0 Å². The number of nitrogens with one attached hydrogen (secondary N) is 1. The Bertz CT molecular complexity index is 1170. The maximum atomic E-state index is 13.2. The van der Waals surface area contributed by atoms with Gasteiger partial charge in [-0.2, -0.15) is 13.2 Å². The highest BCUT2D eigenvalue weighted by molar-refractivity contribution is 7.12. The van der Waals surface area contributed by atoms with Crippen LogP contribution >= 0.6 is 11.3 Å². The Morgan fingerprint density at radius 1 is 1.19 bits per heavy atom. The van der Waals surface area contributed by atoms with Gasteiger partial charge >= 0.3 is 6.18 Å². The average Bonchev–Trinajstić information content (AvgIpc) is 3.13. The van der Waals surface area contributed by atoms with Crippen molar-refractivity contribution in [2.24, 2.45) is 5.92 Å². The van der Waals surface area contributed by atoms with Crippen LogP contribution in [0, 0.1) is 5.92 Å². The molecule has 1 saturated carbocycles. The molecule has 5 rings (SSSR count). The van der Waals surface area contributed by atoms with Crippen molar-refractivity contribution in [2.45, 2.75) is 37.9 Å². The third kappa shape index (κ3) is 3.89. The normalized spacial score (nSPS) is 19.2. The molecule has 11 heteroatoms. The zero-order valence-corrected chi connectivity index (χ0v) is 17.0. The first-order valence-electron chi connectivity index (χ1n) is 9.92. The number of nitrogens with zero attached hydrogens (tertiary/aromatic N) is 4. The van der Waals surface area contributed by atoms with Crippen LogP contribution in [0.1, 0.15) is 35.4 Å². The van der Waals surface area contributed by atoms with Gasteiger partial charge in [-0.3, -0.25) is 14.6 Å². The fourth-order valence-electron chi connectivity index (χ4n) is 3.76. The molecular formula is C20H18F3N5O2S. The van der Waals surface area contributed by atoms with Crippen molar-refractivity contribution in [3.63, 3.8) is 0 Å². The van der Waals surface area contributed by atoms with E-state index < -0.39 is 18.1 Å². The molecule has 7 nitrogen and oxygen atoms in total. The number of thiophene rings is 1. The lowest BCUT2D eigenvalue weighted by Crippen LogP contribution is -2.44. The second kappa shape index (κ2) is 7.33. The molecular weight excluding hydrogens is 431 g/mol. The molecule has 4 heterocycles. The van der Waals surface area contributed by atoms with Crippen LogP contribution in [-0.2, 0) is 4.79 Å². The van der Waals surface area contributed by atoms with Gasteiger partial charge in [-0.25, -0.2) is 4.98 Å². The Balaban J connectivity index is 1.36. The predicted molar refractivity (Wildman–Crippen MR) is 108 cm³/mol. The number of hydrogen-bond acceptors (Lipinski definition) is 5. The first-order chi connectivity index (χ1) is 14.8. The van der Waals surface area contributed by atoms with Crippen molar-refractivity contribution in [2.75, 3.05) is 11.9 Å². The summed E-state index contributed by atoms with van der Waals surface area (Å²) in [4.78, 5) is 34.4. The summed E-state index contributed by atoms with van der Waals surface area (Å²) in [6.07, 6.45) is 2.57. The van der Waals surface area contributed by atoms with Gasteiger partial charge < -0.3 is 14.6 Å². The summed E-state index contributed by atoms with van der Waals surface area (Å²) in [5, 5.41) is 4.48. The van der Waals surface area contributed by atoms with E-state index in [1.54, 1.807) is 34.4 Å². The van der Waals surface area contributed by atoms with Crippen LogP contribution in [-0.4, -0.2) is 49.8 Å². The lowest BCUT2D eigenvalue weighted by molar-refractivity contribution is -0.169. The maximum absolute atomic E-state index is 13.2. The van der Waals surface area contributed by atoms with Gasteiger partial charge in [0.15, 0.2) is 11.5 Å². The smallest absolute Gasteiger partial charge is 0.326 e. The van der Waals surface area contributed by atoms with Crippen LogP contribution in [0.2, 0.25) is 0 Å². The van der Waals surface area contributed by atoms with Gasteiger partial charge in [-0.05, 0) is 31.7 Å². The number of fused-ring (bicyclic) bond motifs is 1. The molecule has 1 atom stereocenters. The first-order valence-corrected chi connectivity index (χ1v) is 10.8. The molecule has 3 aromatic heterocycles. The van der Waals surface area contributed by atoms with Crippen LogP contribution in [0.25, 0.3) is 16.9 Å². The minimum atomic E-state index is -4.42. The molecule has 2 amide bonds. The van der Waals surface area contributed by atoms with Crippen LogP contribution in [0.15, 0.2) is 30.0 Å². The van der Waals surface area contributed by atoms with E-state index in [4.69, 9.17) is 0 Å². The largest absolute Gasteiger partial charge is 0.408 e. The number of amides is 2. The third-order valence-electron chi connectivity index (χ3n) is 5.54. The molecule has 2 fully saturated rings. The quantitative estimate of drug-likeness (QED) is 0.654. The number of aromatic nitrogens is 3. The number of halogens is 3. The molecule has 1 saturated heterocycles. The van der Waals surface area contributed by atoms with Crippen molar-refractivity contribution in [1.29, 1.82) is 0 Å².